The summed E-state index contributed by atoms with van der Waals surface area (Å²) in [5.41, 5.74) is 8.05. The number of fused-ring (bicyclic) bond motifs is 1. The van der Waals surface area contributed by atoms with E-state index in [1.165, 1.54) is 56.1 Å². The van der Waals surface area contributed by atoms with Crippen LogP contribution < -0.4 is 0 Å². The summed E-state index contributed by atoms with van der Waals surface area (Å²) in [5.74, 6) is 0. The van der Waals surface area contributed by atoms with E-state index in [1.54, 1.807) is 16.7 Å². The highest BCUT2D eigenvalue weighted by Crippen LogP contribution is 2.45. The monoisotopic (exact) mass is 266 g/mol. The highest BCUT2D eigenvalue weighted by molar-refractivity contribution is 5.76. The first-order chi connectivity index (χ1) is 9.62. The lowest BCUT2D eigenvalue weighted by atomic mass is 9.69. The summed E-state index contributed by atoms with van der Waals surface area (Å²) in [6.45, 7) is 8.72. The van der Waals surface area contributed by atoms with Crippen molar-refractivity contribution >= 4 is 11.6 Å². The molecule has 0 aliphatic heterocycles. The van der Waals surface area contributed by atoms with E-state index in [2.05, 4.69) is 38.6 Å². The lowest BCUT2D eigenvalue weighted by Gasteiger charge is -2.36. The molecule has 0 amide bonds. The molecule has 3 rings (SSSR count). The first-order valence-electron chi connectivity index (χ1n) is 8.10. The average Bonchev–Trinajstić information content (AvgIpc) is 2.47. The van der Waals surface area contributed by atoms with E-state index >= 15 is 0 Å². The van der Waals surface area contributed by atoms with Gasteiger partial charge >= 0.3 is 0 Å². The van der Waals surface area contributed by atoms with E-state index in [9.17, 15) is 0 Å². The molecule has 0 heteroatoms. The summed E-state index contributed by atoms with van der Waals surface area (Å²) >= 11 is 0. The Morgan fingerprint density at radius 3 is 2.50 bits per heavy atom. The van der Waals surface area contributed by atoms with Gasteiger partial charge in [-0.05, 0) is 72.3 Å². The molecule has 2 aliphatic rings. The van der Waals surface area contributed by atoms with E-state index in [0.717, 1.165) is 0 Å². The largest absolute Gasteiger partial charge is 0.0985 e. The molecule has 0 saturated heterocycles. The Labute approximate surface area is 123 Å². The van der Waals surface area contributed by atoms with Crippen LogP contribution in [0.5, 0.6) is 0 Å². The topological polar surface area (TPSA) is 0 Å². The van der Waals surface area contributed by atoms with Gasteiger partial charge in [-0.2, -0.15) is 0 Å². The molecule has 1 aromatic carbocycles. The Morgan fingerprint density at radius 1 is 1.05 bits per heavy atom. The number of hydrogen-bond acceptors (Lipinski definition) is 0. The minimum absolute atomic E-state index is 0.313. The highest BCUT2D eigenvalue weighted by atomic mass is 14.3. The minimum Gasteiger partial charge on any atom is -0.0985 e. The summed E-state index contributed by atoms with van der Waals surface area (Å²) in [4.78, 5) is 0. The second-order valence-electron chi connectivity index (χ2n) is 7.04. The van der Waals surface area contributed by atoms with E-state index in [-0.39, 0.29) is 0 Å². The van der Waals surface area contributed by atoms with Crippen molar-refractivity contribution in [2.75, 3.05) is 0 Å². The summed E-state index contributed by atoms with van der Waals surface area (Å²) in [7, 11) is 0. The molecule has 0 bridgehead atoms. The van der Waals surface area contributed by atoms with Gasteiger partial charge in [-0.25, -0.2) is 0 Å². The van der Waals surface area contributed by atoms with Gasteiger partial charge in [-0.3, -0.25) is 0 Å². The molecule has 0 N–H and O–H groups in total. The Morgan fingerprint density at radius 2 is 1.80 bits per heavy atom. The normalized spacial score (nSPS) is 21.5. The fourth-order valence-corrected chi connectivity index (χ4v) is 3.88. The lowest BCUT2D eigenvalue weighted by molar-refractivity contribution is 0.471. The maximum absolute atomic E-state index is 3.94. The van der Waals surface area contributed by atoms with Crippen molar-refractivity contribution in [1.29, 1.82) is 0 Å². The fraction of sp³-hybridized carbons (Fsp3) is 0.500. The van der Waals surface area contributed by atoms with Crippen molar-refractivity contribution in [3.05, 3.63) is 47.0 Å². The molecular formula is C20H26. The third-order valence-corrected chi connectivity index (χ3v) is 5.22. The van der Waals surface area contributed by atoms with Gasteiger partial charge in [0.1, 0.15) is 0 Å². The van der Waals surface area contributed by atoms with Gasteiger partial charge in [0.25, 0.3) is 0 Å². The van der Waals surface area contributed by atoms with Crippen molar-refractivity contribution < 1.29 is 0 Å². The molecule has 0 heterocycles. The van der Waals surface area contributed by atoms with Crippen molar-refractivity contribution in [2.45, 2.75) is 64.2 Å². The Hall–Kier alpha value is -1.30. The molecule has 0 atom stereocenters. The standard InChI is InChI=1S/C20H26/c1-4-15-10-11-19-18(14-15)17(12-13-20(19,2)3)16-8-6-5-7-9-16/h4,10-11,14H,1,5-9,12-13H2,2-3H3. The van der Waals surface area contributed by atoms with Crippen LogP contribution in [0.1, 0.15) is 75.5 Å². The van der Waals surface area contributed by atoms with Crippen LogP contribution in [0.4, 0.5) is 0 Å². The van der Waals surface area contributed by atoms with Crippen LogP contribution in [0.2, 0.25) is 0 Å². The second kappa shape index (κ2) is 5.24. The van der Waals surface area contributed by atoms with Crippen molar-refractivity contribution in [3.8, 4) is 0 Å². The van der Waals surface area contributed by atoms with Gasteiger partial charge in [-0.1, -0.05) is 50.6 Å². The first kappa shape index (κ1) is 13.7. The predicted octanol–water partition coefficient (Wildman–Crippen LogP) is 6.12. The Kier molecular flexibility index (Phi) is 3.58. The third-order valence-electron chi connectivity index (χ3n) is 5.22. The van der Waals surface area contributed by atoms with E-state index in [1.807, 2.05) is 6.08 Å². The van der Waals surface area contributed by atoms with Crippen LogP contribution >= 0.6 is 0 Å². The number of hydrogen-bond donors (Lipinski definition) is 0. The SMILES string of the molecule is C=Cc1ccc2c(c1)C(=C1CCCCC1)CCC2(C)C. The molecule has 2 aliphatic carbocycles. The predicted molar refractivity (Wildman–Crippen MR) is 88.8 cm³/mol. The van der Waals surface area contributed by atoms with Gasteiger partial charge < -0.3 is 0 Å². The highest BCUT2D eigenvalue weighted by Gasteiger charge is 2.31. The molecule has 106 valence electrons. The van der Waals surface area contributed by atoms with Crippen molar-refractivity contribution in [1.82, 2.24) is 0 Å². The smallest absolute Gasteiger partial charge is 0.00944 e. The Bertz CT molecular complexity index is 549. The maximum Gasteiger partial charge on any atom is -0.00944 e. The zero-order chi connectivity index (χ0) is 14.2. The molecular weight excluding hydrogens is 240 g/mol. The van der Waals surface area contributed by atoms with Crippen molar-refractivity contribution in [3.63, 3.8) is 0 Å². The average molecular weight is 266 g/mol. The number of benzene rings is 1. The first-order valence-corrected chi connectivity index (χ1v) is 8.10. The van der Waals surface area contributed by atoms with Gasteiger partial charge in [-0.15, -0.1) is 0 Å². The molecule has 0 spiro atoms. The molecule has 0 aromatic heterocycles. The lowest BCUT2D eigenvalue weighted by Crippen LogP contribution is -2.24. The molecule has 0 radical (unpaired) electrons. The van der Waals surface area contributed by atoms with Gasteiger partial charge in [0.15, 0.2) is 0 Å². The Balaban J connectivity index is 2.14. The number of rotatable bonds is 1. The molecule has 0 nitrogen and oxygen atoms in total. The third kappa shape index (κ3) is 2.37. The van der Waals surface area contributed by atoms with Gasteiger partial charge in [0.2, 0.25) is 0 Å². The van der Waals surface area contributed by atoms with Crippen LogP contribution in [0.3, 0.4) is 0 Å². The minimum atomic E-state index is 0.313. The van der Waals surface area contributed by atoms with Crippen LogP contribution in [-0.2, 0) is 5.41 Å². The fourth-order valence-electron chi connectivity index (χ4n) is 3.88. The van der Waals surface area contributed by atoms with Gasteiger partial charge in [0.05, 0.1) is 0 Å². The molecule has 0 unspecified atom stereocenters. The summed E-state index contributed by atoms with van der Waals surface area (Å²) in [5, 5.41) is 0. The molecule has 1 saturated carbocycles. The summed E-state index contributed by atoms with van der Waals surface area (Å²) in [6.07, 6.45) is 11.4. The summed E-state index contributed by atoms with van der Waals surface area (Å²) < 4.78 is 0. The zero-order valence-electron chi connectivity index (χ0n) is 13.0. The van der Waals surface area contributed by atoms with Gasteiger partial charge in [0, 0.05) is 0 Å². The molecule has 20 heavy (non-hydrogen) atoms. The summed E-state index contributed by atoms with van der Waals surface area (Å²) in [6, 6.07) is 6.94. The van der Waals surface area contributed by atoms with Crippen LogP contribution in [-0.4, -0.2) is 0 Å². The van der Waals surface area contributed by atoms with Crippen molar-refractivity contribution in [2.24, 2.45) is 0 Å². The quantitative estimate of drug-likeness (QED) is 0.574. The van der Waals surface area contributed by atoms with E-state index in [4.69, 9.17) is 0 Å². The van der Waals surface area contributed by atoms with E-state index < -0.39 is 0 Å². The van der Waals surface area contributed by atoms with Crippen LogP contribution in [0, 0.1) is 0 Å². The number of allylic oxidation sites excluding steroid dienone is 2. The second-order valence-corrected chi connectivity index (χ2v) is 7.04. The van der Waals surface area contributed by atoms with Crippen LogP contribution in [0.15, 0.2) is 30.4 Å². The van der Waals surface area contributed by atoms with Crippen LogP contribution in [0.25, 0.3) is 11.6 Å². The molecule has 1 aromatic rings. The van der Waals surface area contributed by atoms with E-state index in [0.29, 0.717) is 5.41 Å². The molecule has 1 fully saturated rings. The maximum atomic E-state index is 3.94. The zero-order valence-corrected chi connectivity index (χ0v) is 13.0.